The second kappa shape index (κ2) is 7.69. The molecular weight excluding hydrogens is 338 g/mol. The van der Waals surface area contributed by atoms with Crippen molar-refractivity contribution in [2.75, 3.05) is 10.6 Å². The van der Waals surface area contributed by atoms with E-state index in [4.69, 9.17) is 0 Å². The fourth-order valence-corrected chi connectivity index (χ4v) is 2.39. The maximum atomic E-state index is 13.3. The van der Waals surface area contributed by atoms with E-state index < -0.39 is 11.6 Å². The molecule has 3 aromatic rings. The molecule has 0 fully saturated rings. The van der Waals surface area contributed by atoms with Gasteiger partial charge >= 0.3 is 0 Å². The van der Waals surface area contributed by atoms with Crippen LogP contribution in [0.1, 0.15) is 23.0 Å². The van der Waals surface area contributed by atoms with Crippen molar-refractivity contribution in [3.8, 4) is 0 Å². The molecule has 0 saturated heterocycles. The number of hydrogen-bond donors (Lipinski definition) is 2. The van der Waals surface area contributed by atoms with Crippen molar-refractivity contribution in [3.05, 3.63) is 77.6 Å². The zero-order valence-electron chi connectivity index (χ0n) is 14.0. The summed E-state index contributed by atoms with van der Waals surface area (Å²) in [6, 6.07) is 12.3. The molecule has 1 aromatic heterocycles. The first-order valence-electron chi connectivity index (χ1n) is 8.01. The summed E-state index contributed by atoms with van der Waals surface area (Å²) in [6.45, 7) is 2.00. The summed E-state index contributed by atoms with van der Waals surface area (Å²) in [5.74, 6) is -2.21. The van der Waals surface area contributed by atoms with E-state index in [-0.39, 0.29) is 23.2 Å². The number of aromatic nitrogens is 2. The van der Waals surface area contributed by atoms with Gasteiger partial charge in [0, 0.05) is 23.6 Å². The van der Waals surface area contributed by atoms with Crippen LogP contribution in [0.4, 0.5) is 26.1 Å². The highest BCUT2D eigenvalue weighted by atomic mass is 19.2. The SMILES string of the molecule is CCc1ccccc1NC(=O)c1ccnc(Nc2ccc(F)c(F)c2)n1. The molecule has 0 aliphatic carbocycles. The van der Waals surface area contributed by atoms with Gasteiger partial charge in [-0.1, -0.05) is 25.1 Å². The van der Waals surface area contributed by atoms with Gasteiger partial charge in [-0.15, -0.1) is 0 Å². The molecule has 0 bridgehead atoms. The second-order valence-corrected chi connectivity index (χ2v) is 5.48. The number of para-hydroxylation sites is 1. The molecule has 3 rings (SSSR count). The van der Waals surface area contributed by atoms with Crippen LogP contribution in [0.2, 0.25) is 0 Å². The topological polar surface area (TPSA) is 66.9 Å². The van der Waals surface area contributed by atoms with Crippen molar-refractivity contribution in [2.24, 2.45) is 0 Å². The molecule has 1 amide bonds. The highest BCUT2D eigenvalue weighted by molar-refractivity contribution is 6.03. The third-order valence-electron chi connectivity index (χ3n) is 3.71. The van der Waals surface area contributed by atoms with Crippen LogP contribution in [0.25, 0.3) is 0 Å². The molecule has 0 aliphatic rings. The van der Waals surface area contributed by atoms with Gasteiger partial charge in [-0.05, 0) is 36.2 Å². The first-order valence-corrected chi connectivity index (χ1v) is 8.01. The number of rotatable bonds is 5. The first kappa shape index (κ1) is 17.5. The van der Waals surface area contributed by atoms with Crippen LogP contribution in [0, 0.1) is 11.6 Å². The van der Waals surface area contributed by atoms with Crippen molar-refractivity contribution in [1.82, 2.24) is 9.97 Å². The Morgan fingerprint density at radius 1 is 1.08 bits per heavy atom. The monoisotopic (exact) mass is 354 g/mol. The van der Waals surface area contributed by atoms with Crippen LogP contribution in [0.15, 0.2) is 54.7 Å². The van der Waals surface area contributed by atoms with E-state index in [1.165, 1.54) is 18.3 Å². The van der Waals surface area contributed by atoms with Crippen molar-refractivity contribution in [1.29, 1.82) is 0 Å². The van der Waals surface area contributed by atoms with Gasteiger partial charge in [0.25, 0.3) is 5.91 Å². The second-order valence-electron chi connectivity index (χ2n) is 5.48. The number of aryl methyl sites for hydroxylation is 1. The maximum absolute atomic E-state index is 13.3. The first-order chi connectivity index (χ1) is 12.6. The number of amides is 1. The molecule has 5 nitrogen and oxygen atoms in total. The number of hydrogen-bond acceptors (Lipinski definition) is 4. The zero-order valence-corrected chi connectivity index (χ0v) is 14.0. The highest BCUT2D eigenvalue weighted by Gasteiger charge is 2.11. The number of nitrogens with zero attached hydrogens (tertiary/aromatic N) is 2. The van der Waals surface area contributed by atoms with E-state index in [2.05, 4.69) is 20.6 Å². The number of carbonyl (C=O) groups is 1. The summed E-state index contributed by atoms with van der Waals surface area (Å²) >= 11 is 0. The van der Waals surface area contributed by atoms with Crippen LogP contribution < -0.4 is 10.6 Å². The van der Waals surface area contributed by atoms with Crippen molar-refractivity contribution in [2.45, 2.75) is 13.3 Å². The molecule has 132 valence electrons. The van der Waals surface area contributed by atoms with E-state index in [0.717, 1.165) is 24.1 Å². The number of benzene rings is 2. The number of carbonyl (C=O) groups excluding carboxylic acids is 1. The Morgan fingerprint density at radius 3 is 2.65 bits per heavy atom. The normalized spacial score (nSPS) is 10.4. The van der Waals surface area contributed by atoms with Gasteiger partial charge in [0.05, 0.1) is 0 Å². The van der Waals surface area contributed by atoms with Crippen LogP contribution >= 0.6 is 0 Å². The minimum absolute atomic E-state index is 0.104. The molecular formula is C19H16F2N4O. The molecule has 2 N–H and O–H groups in total. The fourth-order valence-electron chi connectivity index (χ4n) is 2.39. The lowest BCUT2D eigenvalue weighted by Crippen LogP contribution is -2.15. The lowest BCUT2D eigenvalue weighted by molar-refractivity contribution is 0.102. The summed E-state index contributed by atoms with van der Waals surface area (Å²) in [4.78, 5) is 20.6. The van der Waals surface area contributed by atoms with Gasteiger partial charge in [0.2, 0.25) is 5.95 Å². The molecule has 0 atom stereocenters. The Balaban J connectivity index is 1.78. The number of anilines is 3. The van der Waals surface area contributed by atoms with Gasteiger partial charge < -0.3 is 10.6 Å². The zero-order chi connectivity index (χ0) is 18.5. The largest absolute Gasteiger partial charge is 0.324 e. The molecule has 0 saturated carbocycles. The van der Waals surface area contributed by atoms with Crippen molar-refractivity contribution in [3.63, 3.8) is 0 Å². The third kappa shape index (κ3) is 4.00. The molecule has 26 heavy (non-hydrogen) atoms. The van der Waals surface area contributed by atoms with Gasteiger partial charge in [0.1, 0.15) is 5.69 Å². The van der Waals surface area contributed by atoms with Gasteiger partial charge in [-0.3, -0.25) is 4.79 Å². The Labute approximate surface area is 149 Å². The molecule has 7 heteroatoms. The van der Waals surface area contributed by atoms with E-state index >= 15 is 0 Å². The lowest BCUT2D eigenvalue weighted by Gasteiger charge is -2.10. The minimum atomic E-state index is -0.986. The Bertz CT molecular complexity index is 946. The van der Waals surface area contributed by atoms with Crippen LogP contribution in [-0.4, -0.2) is 15.9 Å². The van der Waals surface area contributed by atoms with E-state index in [9.17, 15) is 13.6 Å². The number of nitrogens with one attached hydrogen (secondary N) is 2. The summed E-state index contributed by atoms with van der Waals surface area (Å²) in [5, 5.41) is 5.56. The van der Waals surface area contributed by atoms with E-state index in [1.807, 2.05) is 31.2 Å². The average molecular weight is 354 g/mol. The molecule has 2 aromatic carbocycles. The Hall–Kier alpha value is -3.35. The maximum Gasteiger partial charge on any atom is 0.274 e. The highest BCUT2D eigenvalue weighted by Crippen LogP contribution is 2.18. The summed E-state index contributed by atoms with van der Waals surface area (Å²) < 4.78 is 26.3. The average Bonchev–Trinajstić information content (AvgIpc) is 2.65. The third-order valence-corrected chi connectivity index (χ3v) is 3.71. The standard InChI is InChI=1S/C19H16F2N4O/c1-2-12-5-3-4-6-16(12)24-18(26)17-9-10-22-19(25-17)23-13-7-8-14(20)15(21)11-13/h3-11H,2H2,1H3,(H,24,26)(H,22,23,25). The number of halogens is 2. The van der Waals surface area contributed by atoms with Crippen molar-refractivity contribution < 1.29 is 13.6 Å². The van der Waals surface area contributed by atoms with Crippen LogP contribution in [0.5, 0.6) is 0 Å². The van der Waals surface area contributed by atoms with E-state index in [0.29, 0.717) is 5.69 Å². The van der Waals surface area contributed by atoms with Crippen LogP contribution in [0.3, 0.4) is 0 Å². The minimum Gasteiger partial charge on any atom is -0.324 e. The predicted molar refractivity (Wildman–Crippen MR) is 95.4 cm³/mol. The smallest absolute Gasteiger partial charge is 0.274 e. The molecule has 0 radical (unpaired) electrons. The Morgan fingerprint density at radius 2 is 1.88 bits per heavy atom. The molecule has 0 aliphatic heterocycles. The molecule has 1 heterocycles. The lowest BCUT2D eigenvalue weighted by atomic mass is 10.1. The quantitative estimate of drug-likeness (QED) is 0.716. The van der Waals surface area contributed by atoms with Gasteiger partial charge in [-0.2, -0.15) is 0 Å². The van der Waals surface area contributed by atoms with Crippen molar-refractivity contribution >= 4 is 23.2 Å². The van der Waals surface area contributed by atoms with Gasteiger partial charge in [-0.25, -0.2) is 18.7 Å². The molecule has 0 unspecified atom stereocenters. The summed E-state index contributed by atoms with van der Waals surface area (Å²) in [6.07, 6.45) is 2.19. The predicted octanol–water partition coefficient (Wildman–Crippen LogP) is 4.31. The summed E-state index contributed by atoms with van der Waals surface area (Å²) in [5.41, 5.74) is 2.15. The Kier molecular flexibility index (Phi) is 5.17. The van der Waals surface area contributed by atoms with Crippen LogP contribution in [-0.2, 0) is 6.42 Å². The van der Waals surface area contributed by atoms with Gasteiger partial charge in [0.15, 0.2) is 11.6 Å². The summed E-state index contributed by atoms with van der Waals surface area (Å²) in [7, 11) is 0. The van der Waals surface area contributed by atoms with E-state index in [1.54, 1.807) is 0 Å². The molecule has 0 spiro atoms. The fraction of sp³-hybridized carbons (Fsp3) is 0.105.